The SMILES string of the molecule is Cc1ccc(NS(N)(=O)=O)cc1O. The summed E-state index contributed by atoms with van der Waals surface area (Å²) in [5.41, 5.74) is 0.908. The first-order valence-electron chi connectivity index (χ1n) is 3.48. The van der Waals surface area contributed by atoms with E-state index < -0.39 is 10.2 Å². The van der Waals surface area contributed by atoms with E-state index in [1.807, 2.05) is 4.72 Å². The van der Waals surface area contributed by atoms with Crippen LogP contribution in [0.4, 0.5) is 5.69 Å². The van der Waals surface area contributed by atoms with Gasteiger partial charge in [0, 0.05) is 6.07 Å². The number of nitrogens with one attached hydrogen (secondary N) is 1. The van der Waals surface area contributed by atoms with Crippen molar-refractivity contribution in [1.82, 2.24) is 0 Å². The fraction of sp³-hybridized carbons (Fsp3) is 0.143. The van der Waals surface area contributed by atoms with E-state index in [1.54, 1.807) is 13.0 Å². The highest BCUT2D eigenvalue weighted by atomic mass is 32.2. The Morgan fingerprint density at radius 1 is 1.46 bits per heavy atom. The van der Waals surface area contributed by atoms with Crippen LogP contribution in [0.2, 0.25) is 0 Å². The van der Waals surface area contributed by atoms with Gasteiger partial charge in [0.1, 0.15) is 5.75 Å². The Balaban J connectivity index is 2.99. The molecule has 0 saturated heterocycles. The number of phenolic OH excluding ortho intramolecular Hbond substituents is 1. The monoisotopic (exact) mass is 202 g/mol. The van der Waals surface area contributed by atoms with Crippen LogP contribution in [0.1, 0.15) is 5.56 Å². The van der Waals surface area contributed by atoms with E-state index in [-0.39, 0.29) is 11.4 Å². The fourth-order valence-corrected chi connectivity index (χ4v) is 1.29. The Morgan fingerprint density at radius 3 is 2.54 bits per heavy atom. The number of nitrogens with two attached hydrogens (primary N) is 1. The van der Waals surface area contributed by atoms with Crippen molar-refractivity contribution in [3.63, 3.8) is 0 Å². The minimum Gasteiger partial charge on any atom is -0.508 e. The minimum atomic E-state index is -3.77. The molecule has 0 aliphatic heterocycles. The van der Waals surface area contributed by atoms with Crippen LogP contribution in [0.5, 0.6) is 5.75 Å². The predicted molar refractivity (Wildman–Crippen MR) is 49.6 cm³/mol. The molecule has 0 atom stereocenters. The van der Waals surface area contributed by atoms with E-state index in [0.717, 1.165) is 0 Å². The van der Waals surface area contributed by atoms with Gasteiger partial charge in [-0.05, 0) is 18.6 Å². The molecule has 13 heavy (non-hydrogen) atoms. The van der Waals surface area contributed by atoms with Crippen LogP contribution in [-0.2, 0) is 10.2 Å². The van der Waals surface area contributed by atoms with Crippen LogP contribution in [0.3, 0.4) is 0 Å². The maximum Gasteiger partial charge on any atom is 0.296 e. The van der Waals surface area contributed by atoms with Crippen molar-refractivity contribution >= 4 is 15.9 Å². The van der Waals surface area contributed by atoms with Crippen molar-refractivity contribution in [2.45, 2.75) is 6.92 Å². The molecule has 0 aliphatic carbocycles. The second kappa shape index (κ2) is 3.23. The predicted octanol–water partition coefficient (Wildman–Crippen LogP) is 0.316. The van der Waals surface area contributed by atoms with Gasteiger partial charge in [-0.1, -0.05) is 6.07 Å². The summed E-state index contributed by atoms with van der Waals surface area (Å²) in [4.78, 5) is 0. The highest BCUT2D eigenvalue weighted by Gasteiger charge is 2.03. The first-order valence-corrected chi connectivity index (χ1v) is 5.03. The Morgan fingerprint density at radius 2 is 2.08 bits per heavy atom. The summed E-state index contributed by atoms with van der Waals surface area (Å²) in [5, 5.41) is 14.0. The second-order valence-electron chi connectivity index (χ2n) is 2.65. The maximum atomic E-state index is 10.6. The van der Waals surface area contributed by atoms with Crippen molar-refractivity contribution in [2.24, 2.45) is 5.14 Å². The van der Waals surface area contributed by atoms with Gasteiger partial charge in [0.15, 0.2) is 0 Å². The van der Waals surface area contributed by atoms with Crippen molar-refractivity contribution in [3.05, 3.63) is 23.8 Å². The lowest BCUT2D eigenvalue weighted by Crippen LogP contribution is -2.21. The molecule has 72 valence electrons. The number of rotatable bonds is 2. The molecular formula is C7H10N2O3S. The summed E-state index contributed by atoms with van der Waals surface area (Å²) >= 11 is 0. The molecule has 1 aromatic carbocycles. The molecule has 0 fully saturated rings. The first-order chi connectivity index (χ1) is 5.88. The number of aryl methyl sites for hydroxylation is 1. The van der Waals surface area contributed by atoms with Crippen LogP contribution < -0.4 is 9.86 Å². The number of hydrogen-bond donors (Lipinski definition) is 3. The minimum absolute atomic E-state index is 0.0219. The van der Waals surface area contributed by atoms with Gasteiger partial charge in [-0.2, -0.15) is 8.42 Å². The van der Waals surface area contributed by atoms with E-state index in [1.165, 1.54) is 12.1 Å². The van der Waals surface area contributed by atoms with Gasteiger partial charge < -0.3 is 5.11 Å². The summed E-state index contributed by atoms with van der Waals surface area (Å²) < 4.78 is 23.2. The molecule has 6 heteroatoms. The van der Waals surface area contributed by atoms with E-state index in [4.69, 9.17) is 5.14 Å². The van der Waals surface area contributed by atoms with Gasteiger partial charge in [0.25, 0.3) is 10.2 Å². The largest absolute Gasteiger partial charge is 0.508 e. The van der Waals surface area contributed by atoms with Crippen LogP contribution in [-0.4, -0.2) is 13.5 Å². The molecular weight excluding hydrogens is 192 g/mol. The third-order valence-corrected chi connectivity index (χ3v) is 1.99. The Labute approximate surface area is 76.4 Å². The molecule has 0 bridgehead atoms. The zero-order valence-corrected chi connectivity index (χ0v) is 7.80. The van der Waals surface area contributed by atoms with E-state index in [9.17, 15) is 13.5 Å². The smallest absolute Gasteiger partial charge is 0.296 e. The summed E-state index contributed by atoms with van der Waals surface area (Å²) in [7, 11) is -3.77. The average Bonchev–Trinajstić information content (AvgIpc) is 1.94. The molecule has 0 unspecified atom stereocenters. The lowest BCUT2D eigenvalue weighted by Gasteiger charge is -2.04. The zero-order chi connectivity index (χ0) is 10.1. The van der Waals surface area contributed by atoms with E-state index in [0.29, 0.717) is 5.56 Å². The van der Waals surface area contributed by atoms with Crippen LogP contribution in [0, 0.1) is 6.92 Å². The van der Waals surface area contributed by atoms with Gasteiger partial charge in [-0.15, -0.1) is 0 Å². The number of aromatic hydroxyl groups is 1. The highest BCUT2D eigenvalue weighted by molar-refractivity contribution is 7.90. The molecule has 0 aliphatic rings. The molecule has 0 spiro atoms. The molecule has 0 aromatic heterocycles. The summed E-state index contributed by atoms with van der Waals surface area (Å²) in [6.45, 7) is 1.70. The number of phenols is 1. The van der Waals surface area contributed by atoms with Crippen LogP contribution in [0.25, 0.3) is 0 Å². The molecule has 1 rings (SSSR count). The first kappa shape index (κ1) is 9.82. The number of hydrogen-bond acceptors (Lipinski definition) is 3. The average molecular weight is 202 g/mol. The Kier molecular flexibility index (Phi) is 2.44. The van der Waals surface area contributed by atoms with Crippen LogP contribution in [0.15, 0.2) is 18.2 Å². The Bertz CT molecular complexity index is 414. The third-order valence-electron chi connectivity index (χ3n) is 1.47. The van der Waals surface area contributed by atoms with Gasteiger partial charge >= 0.3 is 0 Å². The molecule has 0 amide bonds. The quantitative estimate of drug-likeness (QED) is 0.644. The van der Waals surface area contributed by atoms with Crippen LogP contribution >= 0.6 is 0 Å². The Hall–Kier alpha value is -1.27. The third kappa shape index (κ3) is 2.92. The lowest BCUT2D eigenvalue weighted by atomic mass is 10.2. The summed E-state index contributed by atoms with van der Waals surface area (Å²) in [6.07, 6.45) is 0. The maximum absolute atomic E-state index is 10.6. The summed E-state index contributed by atoms with van der Waals surface area (Å²) in [5.74, 6) is 0.0219. The number of benzene rings is 1. The molecule has 0 saturated carbocycles. The van der Waals surface area contributed by atoms with Gasteiger partial charge in [-0.3, -0.25) is 4.72 Å². The van der Waals surface area contributed by atoms with E-state index >= 15 is 0 Å². The standard InChI is InChI=1S/C7H10N2O3S/c1-5-2-3-6(4-7(5)10)9-13(8,11)12/h2-4,9-10H,1H3,(H2,8,11,12). The van der Waals surface area contributed by atoms with Crippen molar-refractivity contribution in [3.8, 4) is 5.75 Å². The fourth-order valence-electron chi connectivity index (χ4n) is 0.837. The summed E-state index contributed by atoms with van der Waals surface area (Å²) in [6, 6.07) is 4.39. The van der Waals surface area contributed by atoms with E-state index in [2.05, 4.69) is 0 Å². The van der Waals surface area contributed by atoms with Gasteiger partial charge in [0.05, 0.1) is 5.69 Å². The normalized spacial score (nSPS) is 11.2. The van der Waals surface area contributed by atoms with Crippen molar-refractivity contribution < 1.29 is 13.5 Å². The molecule has 4 N–H and O–H groups in total. The van der Waals surface area contributed by atoms with Crippen molar-refractivity contribution in [2.75, 3.05) is 4.72 Å². The lowest BCUT2D eigenvalue weighted by molar-refractivity contribution is 0.471. The number of anilines is 1. The van der Waals surface area contributed by atoms with Gasteiger partial charge in [-0.25, -0.2) is 5.14 Å². The molecule has 1 aromatic rings. The molecule has 5 nitrogen and oxygen atoms in total. The van der Waals surface area contributed by atoms with Crippen molar-refractivity contribution in [1.29, 1.82) is 0 Å². The topological polar surface area (TPSA) is 92.4 Å². The zero-order valence-electron chi connectivity index (χ0n) is 6.98. The molecule has 0 heterocycles. The highest BCUT2D eigenvalue weighted by Crippen LogP contribution is 2.20. The van der Waals surface area contributed by atoms with Gasteiger partial charge in [0.2, 0.25) is 0 Å². The molecule has 0 radical (unpaired) electrons. The second-order valence-corrected chi connectivity index (χ2v) is 3.94.